The van der Waals surface area contributed by atoms with E-state index in [1.54, 1.807) is 6.20 Å². The first-order valence-corrected chi connectivity index (χ1v) is 5.74. The number of nitrogens with one attached hydrogen (secondary N) is 2. The number of H-pyrrole nitrogens is 1. The molecule has 0 bridgehead atoms. The highest BCUT2D eigenvalue weighted by Crippen LogP contribution is 2.17. The van der Waals surface area contributed by atoms with Gasteiger partial charge in [0.25, 0.3) is 0 Å². The smallest absolute Gasteiger partial charge is 0.136 e. The molecule has 0 aliphatic rings. The zero-order chi connectivity index (χ0) is 10.8. The molecular formula is C9H17N3OS. The van der Waals surface area contributed by atoms with E-state index in [9.17, 15) is 4.55 Å². The van der Waals surface area contributed by atoms with Gasteiger partial charge in [0.1, 0.15) is 4.75 Å². The SMILES string of the molecule is C[C@H](N[S@@+]([O-])C(C)(C)C)c1cc[nH]n1. The van der Waals surface area contributed by atoms with Crippen molar-refractivity contribution in [1.82, 2.24) is 14.9 Å². The highest BCUT2D eigenvalue weighted by atomic mass is 32.2. The van der Waals surface area contributed by atoms with Crippen molar-refractivity contribution in [1.29, 1.82) is 0 Å². The van der Waals surface area contributed by atoms with Crippen LogP contribution in [0.1, 0.15) is 39.4 Å². The molecule has 14 heavy (non-hydrogen) atoms. The maximum atomic E-state index is 11.7. The normalized spacial score (nSPS) is 16.6. The molecule has 0 amide bonds. The van der Waals surface area contributed by atoms with Crippen LogP contribution in [0.25, 0.3) is 0 Å². The van der Waals surface area contributed by atoms with Gasteiger partial charge in [-0.2, -0.15) is 5.10 Å². The van der Waals surface area contributed by atoms with E-state index in [0.29, 0.717) is 0 Å². The van der Waals surface area contributed by atoms with Crippen LogP contribution >= 0.6 is 0 Å². The highest BCUT2D eigenvalue weighted by Gasteiger charge is 2.28. The van der Waals surface area contributed by atoms with Gasteiger partial charge in [-0.1, -0.05) is 0 Å². The molecule has 1 aromatic rings. The summed E-state index contributed by atoms with van der Waals surface area (Å²) in [5, 5.41) is 6.76. The molecule has 5 heteroatoms. The minimum atomic E-state index is -1.06. The predicted molar refractivity (Wildman–Crippen MR) is 58.0 cm³/mol. The molecule has 0 spiro atoms. The molecule has 80 valence electrons. The zero-order valence-electron chi connectivity index (χ0n) is 9.00. The van der Waals surface area contributed by atoms with Crippen LogP contribution in [0.2, 0.25) is 0 Å². The Bertz CT molecular complexity index is 268. The zero-order valence-corrected chi connectivity index (χ0v) is 9.81. The fourth-order valence-electron chi connectivity index (χ4n) is 0.911. The summed E-state index contributed by atoms with van der Waals surface area (Å²) >= 11 is -1.06. The number of aromatic amines is 1. The van der Waals surface area contributed by atoms with E-state index in [4.69, 9.17) is 0 Å². The third-order valence-electron chi connectivity index (χ3n) is 1.81. The van der Waals surface area contributed by atoms with E-state index in [-0.39, 0.29) is 10.8 Å². The standard InChI is InChI=1S/C9H17N3OS/c1-7(8-5-6-10-11-8)12-14(13)9(2,3)4/h5-7,12H,1-4H3,(H,10,11)/t7-,14-/m0/s1. The molecule has 0 unspecified atom stereocenters. The van der Waals surface area contributed by atoms with E-state index in [1.165, 1.54) is 0 Å². The summed E-state index contributed by atoms with van der Waals surface area (Å²) in [5.74, 6) is 0. The van der Waals surface area contributed by atoms with Crippen LogP contribution in [0.5, 0.6) is 0 Å². The minimum absolute atomic E-state index is 0.00121. The summed E-state index contributed by atoms with van der Waals surface area (Å²) in [5.41, 5.74) is 0.877. The fourth-order valence-corrected chi connectivity index (χ4v) is 1.71. The largest absolute Gasteiger partial charge is 0.598 e. The lowest BCUT2D eigenvalue weighted by Gasteiger charge is -2.25. The Kier molecular flexibility index (Phi) is 3.58. The van der Waals surface area contributed by atoms with Crippen molar-refractivity contribution >= 4 is 11.4 Å². The minimum Gasteiger partial charge on any atom is -0.598 e. The average molecular weight is 215 g/mol. The first kappa shape index (κ1) is 11.6. The van der Waals surface area contributed by atoms with Crippen LogP contribution < -0.4 is 4.72 Å². The van der Waals surface area contributed by atoms with E-state index >= 15 is 0 Å². The summed E-state index contributed by atoms with van der Waals surface area (Å²) < 4.78 is 14.5. The lowest BCUT2D eigenvalue weighted by Crippen LogP contribution is -2.40. The third kappa shape index (κ3) is 3.01. The predicted octanol–water partition coefficient (Wildman–Crippen LogP) is 1.52. The van der Waals surface area contributed by atoms with Gasteiger partial charge in [0.15, 0.2) is 0 Å². The Morgan fingerprint density at radius 3 is 2.64 bits per heavy atom. The number of aromatic nitrogens is 2. The van der Waals surface area contributed by atoms with Crippen LogP contribution in [0.15, 0.2) is 12.3 Å². The van der Waals surface area contributed by atoms with Crippen LogP contribution in [-0.2, 0) is 11.4 Å². The van der Waals surface area contributed by atoms with Gasteiger partial charge in [0.05, 0.1) is 11.7 Å². The van der Waals surface area contributed by atoms with Gasteiger partial charge in [0, 0.05) is 17.6 Å². The van der Waals surface area contributed by atoms with Crippen molar-refractivity contribution in [3.8, 4) is 0 Å². The topological polar surface area (TPSA) is 63.8 Å². The molecule has 0 aliphatic heterocycles. The average Bonchev–Trinajstić information content (AvgIpc) is 2.53. The van der Waals surface area contributed by atoms with Crippen molar-refractivity contribution in [3.05, 3.63) is 18.0 Å². The van der Waals surface area contributed by atoms with Crippen LogP contribution in [-0.4, -0.2) is 19.5 Å². The summed E-state index contributed by atoms with van der Waals surface area (Å²) in [4.78, 5) is 0. The van der Waals surface area contributed by atoms with E-state index in [2.05, 4.69) is 14.9 Å². The van der Waals surface area contributed by atoms with Gasteiger partial charge in [-0.15, -0.1) is 4.72 Å². The van der Waals surface area contributed by atoms with Crippen molar-refractivity contribution in [2.75, 3.05) is 0 Å². The first-order chi connectivity index (χ1) is 6.41. The quantitative estimate of drug-likeness (QED) is 0.751. The molecule has 1 aromatic heterocycles. The van der Waals surface area contributed by atoms with Crippen molar-refractivity contribution < 1.29 is 4.55 Å². The lowest BCUT2D eigenvalue weighted by molar-refractivity contribution is 0.529. The van der Waals surface area contributed by atoms with Gasteiger partial charge < -0.3 is 4.55 Å². The Labute approximate surface area is 87.8 Å². The molecule has 1 rings (SSSR count). The monoisotopic (exact) mass is 215 g/mol. The van der Waals surface area contributed by atoms with Gasteiger partial charge in [-0.05, 0) is 33.8 Å². The first-order valence-electron chi connectivity index (χ1n) is 4.59. The number of hydrogen-bond donors (Lipinski definition) is 2. The summed E-state index contributed by atoms with van der Waals surface area (Å²) in [6.45, 7) is 7.76. The maximum Gasteiger partial charge on any atom is 0.136 e. The number of rotatable bonds is 3. The molecule has 0 saturated heterocycles. The number of nitrogens with zero attached hydrogens (tertiary/aromatic N) is 1. The maximum absolute atomic E-state index is 11.7. The molecule has 0 radical (unpaired) electrons. The molecule has 1 heterocycles. The van der Waals surface area contributed by atoms with Gasteiger partial charge in [-0.3, -0.25) is 5.10 Å². The van der Waals surface area contributed by atoms with Gasteiger partial charge >= 0.3 is 0 Å². The fraction of sp³-hybridized carbons (Fsp3) is 0.667. The second-order valence-corrected chi connectivity index (χ2v) is 6.22. The highest BCUT2D eigenvalue weighted by molar-refractivity contribution is 7.90. The molecule has 2 atom stereocenters. The Hall–Kier alpha value is -0.520. The third-order valence-corrected chi connectivity index (χ3v) is 3.49. The Morgan fingerprint density at radius 1 is 1.57 bits per heavy atom. The van der Waals surface area contributed by atoms with Gasteiger partial charge in [0.2, 0.25) is 0 Å². The summed E-state index contributed by atoms with van der Waals surface area (Å²) in [6.07, 6.45) is 1.76. The van der Waals surface area contributed by atoms with E-state index in [1.807, 2.05) is 33.8 Å². The number of hydrogen-bond acceptors (Lipinski definition) is 3. The molecule has 0 aromatic carbocycles. The Balaban J connectivity index is 2.53. The summed E-state index contributed by atoms with van der Waals surface area (Å²) in [6, 6.07) is 1.87. The second kappa shape index (κ2) is 4.33. The van der Waals surface area contributed by atoms with Crippen LogP contribution in [0.4, 0.5) is 0 Å². The van der Waals surface area contributed by atoms with Crippen molar-refractivity contribution in [3.63, 3.8) is 0 Å². The molecule has 0 fully saturated rings. The summed E-state index contributed by atoms with van der Waals surface area (Å²) in [7, 11) is 0. The molecule has 4 nitrogen and oxygen atoms in total. The van der Waals surface area contributed by atoms with Crippen LogP contribution in [0.3, 0.4) is 0 Å². The molecule has 0 saturated carbocycles. The van der Waals surface area contributed by atoms with Crippen LogP contribution in [0, 0.1) is 0 Å². The van der Waals surface area contributed by atoms with Gasteiger partial charge in [-0.25, -0.2) is 0 Å². The lowest BCUT2D eigenvalue weighted by atomic mass is 10.3. The van der Waals surface area contributed by atoms with Crippen molar-refractivity contribution in [2.45, 2.75) is 38.5 Å². The van der Waals surface area contributed by atoms with E-state index in [0.717, 1.165) is 5.69 Å². The Morgan fingerprint density at radius 2 is 2.21 bits per heavy atom. The van der Waals surface area contributed by atoms with E-state index < -0.39 is 11.4 Å². The second-order valence-electron chi connectivity index (χ2n) is 4.22. The van der Waals surface area contributed by atoms with Crippen molar-refractivity contribution in [2.24, 2.45) is 0 Å². The molecule has 0 aliphatic carbocycles. The molecule has 2 N–H and O–H groups in total. The molecular weight excluding hydrogens is 198 g/mol.